The molecule has 12 heteroatoms. The zero-order chi connectivity index (χ0) is 20.9. The number of hydrogen-bond donors (Lipinski definition) is 3. The summed E-state index contributed by atoms with van der Waals surface area (Å²) in [7, 11) is 0. The lowest BCUT2D eigenvalue weighted by Gasteiger charge is -2.27. The predicted molar refractivity (Wildman–Crippen MR) is 96.3 cm³/mol. The Morgan fingerprint density at radius 1 is 1.11 bits per heavy atom. The van der Waals surface area contributed by atoms with E-state index in [9.17, 15) is 19.5 Å². The van der Waals surface area contributed by atoms with Crippen LogP contribution in [0.5, 0.6) is 0 Å². The van der Waals surface area contributed by atoms with Crippen molar-refractivity contribution in [3.8, 4) is 0 Å². The summed E-state index contributed by atoms with van der Waals surface area (Å²) >= 11 is 0. The Bertz CT molecular complexity index is 582. The van der Waals surface area contributed by atoms with Gasteiger partial charge in [0.1, 0.15) is 6.04 Å². The molecule has 0 aromatic rings. The summed E-state index contributed by atoms with van der Waals surface area (Å²) in [6.07, 6.45) is 0.0764. The summed E-state index contributed by atoms with van der Waals surface area (Å²) in [6.45, 7) is 4.02. The van der Waals surface area contributed by atoms with E-state index in [1.54, 1.807) is 0 Å². The van der Waals surface area contributed by atoms with E-state index < -0.39 is 35.9 Å². The van der Waals surface area contributed by atoms with Gasteiger partial charge in [-0.1, -0.05) is 5.11 Å². The number of carbonyl (C=O) groups excluding carboxylic acids is 2. The first-order valence-electron chi connectivity index (χ1n) is 8.96. The number of aliphatic carboxylic acids is 1. The highest BCUT2D eigenvalue weighted by atomic mass is 16.5. The molecule has 0 aromatic heterocycles. The molecule has 2 amide bonds. The Hall–Kier alpha value is -2.40. The molecule has 1 fully saturated rings. The third-order valence-electron chi connectivity index (χ3n) is 4.09. The molecule has 0 spiro atoms. The number of carboxylic acid groups (broad SMARTS) is 1. The molecule has 1 aliphatic rings. The van der Waals surface area contributed by atoms with Crippen LogP contribution in [0.1, 0.15) is 20.3 Å². The van der Waals surface area contributed by atoms with E-state index in [4.69, 9.17) is 19.7 Å². The molecule has 1 heterocycles. The second-order valence-electron chi connectivity index (χ2n) is 6.27. The van der Waals surface area contributed by atoms with Gasteiger partial charge in [0.05, 0.1) is 51.6 Å². The van der Waals surface area contributed by atoms with Gasteiger partial charge < -0.3 is 30.0 Å². The van der Waals surface area contributed by atoms with Gasteiger partial charge in [0.2, 0.25) is 11.8 Å². The Kier molecular flexibility index (Phi) is 10.9. The minimum atomic E-state index is -1.24. The molecule has 158 valence electrons. The summed E-state index contributed by atoms with van der Waals surface area (Å²) in [5.74, 6) is -3.38. The highest BCUT2D eigenvalue weighted by Gasteiger charge is 2.34. The van der Waals surface area contributed by atoms with E-state index in [1.165, 1.54) is 13.8 Å². The normalized spacial score (nSPS) is 29.4. The van der Waals surface area contributed by atoms with Crippen molar-refractivity contribution in [1.82, 2.24) is 10.6 Å². The molecule has 0 aromatic carbocycles. The largest absolute Gasteiger partial charge is 0.481 e. The number of hydrogen-bond acceptors (Lipinski definition) is 7. The maximum Gasteiger partial charge on any atom is 0.309 e. The second kappa shape index (κ2) is 12.9. The van der Waals surface area contributed by atoms with Crippen molar-refractivity contribution in [3.05, 3.63) is 10.4 Å². The van der Waals surface area contributed by atoms with Crippen LogP contribution in [0.3, 0.4) is 0 Å². The molecule has 0 aliphatic carbocycles. The molecule has 3 N–H and O–H groups in total. The quantitative estimate of drug-likeness (QED) is 0.327. The molecule has 4 unspecified atom stereocenters. The van der Waals surface area contributed by atoms with E-state index >= 15 is 0 Å². The fraction of sp³-hybridized carbons (Fsp3) is 0.812. The summed E-state index contributed by atoms with van der Waals surface area (Å²) in [5, 5.41) is 18.1. The maximum absolute atomic E-state index is 12.3. The van der Waals surface area contributed by atoms with Gasteiger partial charge in [0.15, 0.2) is 0 Å². The predicted octanol–water partition coefficient (Wildman–Crippen LogP) is -0.171. The standard InChI is InChI=1S/C16H27N5O7/c1-10-14(16(24)25)12(20-21-17)9-28-8-7-27-6-5-26-4-3-13(22)18-11(2)15(23)19-10/h10-12,14H,3-9H2,1-2H3,(H,18,22)(H,19,23)(H,24,25). The molecule has 0 saturated carbocycles. The van der Waals surface area contributed by atoms with Gasteiger partial charge in [0, 0.05) is 17.4 Å². The number of nitrogens with one attached hydrogen (secondary N) is 2. The number of ether oxygens (including phenoxy) is 3. The van der Waals surface area contributed by atoms with E-state index in [-0.39, 0.29) is 38.8 Å². The molecule has 0 radical (unpaired) electrons. The first-order chi connectivity index (χ1) is 13.4. The smallest absolute Gasteiger partial charge is 0.309 e. The summed E-state index contributed by atoms with van der Waals surface area (Å²) < 4.78 is 15.9. The van der Waals surface area contributed by atoms with E-state index in [0.29, 0.717) is 13.2 Å². The zero-order valence-corrected chi connectivity index (χ0v) is 16.0. The topological polar surface area (TPSA) is 172 Å². The van der Waals surface area contributed by atoms with E-state index in [1.807, 2.05) is 0 Å². The molecule has 12 nitrogen and oxygen atoms in total. The Labute approximate surface area is 162 Å². The number of amides is 2. The van der Waals surface area contributed by atoms with Crippen LogP contribution in [0.15, 0.2) is 5.11 Å². The third-order valence-corrected chi connectivity index (χ3v) is 4.09. The average molecular weight is 401 g/mol. The number of carboxylic acids is 1. The van der Waals surface area contributed by atoms with Crippen LogP contribution in [0.4, 0.5) is 0 Å². The summed E-state index contributed by atoms with van der Waals surface area (Å²) in [4.78, 5) is 38.6. The second-order valence-corrected chi connectivity index (χ2v) is 6.27. The van der Waals surface area contributed by atoms with Gasteiger partial charge >= 0.3 is 5.97 Å². The van der Waals surface area contributed by atoms with E-state index in [0.717, 1.165) is 0 Å². The van der Waals surface area contributed by atoms with Crippen molar-refractivity contribution in [3.63, 3.8) is 0 Å². The molecule has 28 heavy (non-hydrogen) atoms. The average Bonchev–Trinajstić information content (AvgIpc) is 2.62. The minimum absolute atomic E-state index is 0.0764. The first kappa shape index (κ1) is 23.6. The molecule has 1 saturated heterocycles. The highest BCUT2D eigenvalue weighted by molar-refractivity contribution is 5.87. The Morgan fingerprint density at radius 2 is 1.71 bits per heavy atom. The summed E-state index contributed by atoms with van der Waals surface area (Å²) in [6, 6.07) is -2.78. The maximum atomic E-state index is 12.3. The lowest BCUT2D eigenvalue weighted by Crippen LogP contribution is -2.52. The summed E-state index contributed by atoms with van der Waals surface area (Å²) in [5.41, 5.74) is 8.76. The monoisotopic (exact) mass is 401 g/mol. The number of rotatable bonds is 2. The number of azide groups is 1. The van der Waals surface area contributed by atoms with Gasteiger partial charge in [-0.3, -0.25) is 14.4 Å². The third kappa shape index (κ3) is 8.53. The molecule has 4 atom stereocenters. The Morgan fingerprint density at radius 3 is 2.32 bits per heavy atom. The fourth-order valence-corrected chi connectivity index (χ4v) is 2.61. The van der Waals surface area contributed by atoms with Crippen LogP contribution in [-0.4, -0.2) is 80.7 Å². The molecule has 1 rings (SSSR count). The Balaban J connectivity index is 2.90. The van der Waals surface area contributed by atoms with Crippen molar-refractivity contribution in [2.75, 3.05) is 39.6 Å². The van der Waals surface area contributed by atoms with Crippen molar-refractivity contribution in [1.29, 1.82) is 0 Å². The lowest BCUT2D eigenvalue weighted by atomic mass is 9.93. The number of carbonyl (C=O) groups is 3. The van der Waals surface area contributed by atoms with Crippen LogP contribution in [-0.2, 0) is 28.6 Å². The minimum Gasteiger partial charge on any atom is -0.481 e. The van der Waals surface area contributed by atoms with Gasteiger partial charge in [-0.2, -0.15) is 0 Å². The van der Waals surface area contributed by atoms with Crippen LogP contribution in [0.25, 0.3) is 10.4 Å². The van der Waals surface area contributed by atoms with Crippen molar-refractivity contribution >= 4 is 17.8 Å². The van der Waals surface area contributed by atoms with Gasteiger partial charge in [-0.05, 0) is 19.4 Å². The molecule has 1 aliphatic heterocycles. The van der Waals surface area contributed by atoms with Crippen molar-refractivity contribution in [2.24, 2.45) is 11.0 Å². The van der Waals surface area contributed by atoms with Crippen molar-refractivity contribution in [2.45, 2.75) is 38.4 Å². The SMILES string of the molecule is CC1NC(=O)CCOCCOCCOCC(N=[N+]=[N-])C(C(=O)O)C(C)NC1=O. The molecular formula is C16H27N5O7. The van der Waals surface area contributed by atoms with Gasteiger partial charge in [-0.25, -0.2) is 0 Å². The van der Waals surface area contributed by atoms with Crippen LogP contribution in [0, 0.1) is 5.92 Å². The lowest BCUT2D eigenvalue weighted by molar-refractivity contribution is -0.144. The molecule has 0 bridgehead atoms. The van der Waals surface area contributed by atoms with Crippen LogP contribution in [0.2, 0.25) is 0 Å². The van der Waals surface area contributed by atoms with E-state index in [2.05, 4.69) is 20.7 Å². The van der Waals surface area contributed by atoms with Crippen molar-refractivity contribution < 1.29 is 33.7 Å². The number of nitrogens with zero attached hydrogens (tertiary/aromatic N) is 3. The zero-order valence-electron chi connectivity index (χ0n) is 16.0. The first-order valence-corrected chi connectivity index (χ1v) is 8.96. The van der Waals surface area contributed by atoms with Crippen LogP contribution < -0.4 is 10.6 Å². The van der Waals surface area contributed by atoms with Crippen LogP contribution >= 0.6 is 0 Å². The fourth-order valence-electron chi connectivity index (χ4n) is 2.61. The van der Waals surface area contributed by atoms with Gasteiger partial charge in [0.25, 0.3) is 0 Å². The molecular weight excluding hydrogens is 374 g/mol. The van der Waals surface area contributed by atoms with Gasteiger partial charge in [-0.15, -0.1) is 0 Å². The highest BCUT2D eigenvalue weighted by Crippen LogP contribution is 2.15.